The van der Waals surface area contributed by atoms with Gasteiger partial charge in [0, 0.05) is 30.3 Å². The Labute approximate surface area is 184 Å². The van der Waals surface area contributed by atoms with Gasteiger partial charge in [-0.05, 0) is 43.2 Å². The van der Waals surface area contributed by atoms with E-state index in [0.717, 1.165) is 54.3 Å². The summed E-state index contributed by atoms with van der Waals surface area (Å²) in [5.74, 6) is 2.68. The molecule has 1 amide bonds. The zero-order chi connectivity index (χ0) is 20.3. The molecule has 5 rings (SSSR count). The van der Waals surface area contributed by atoms with Gasteiger partial charge >= 0.3 is 0 Å². The summed E-state index contributed by atoms with van der Waals surface area (Å²) in [7, 11) is 0. The average molecular weight is 441 g/mol. The van der Waals surface area contributed by atoms with Crippen LogP contribution in [-0.2, 0) is 4.79 Å². The smallest absolute Gasteiger partial charge is 0.232 e. The largest absolute Gasteiger partial charge is 0.490 e. The van der Waals surface area contributed by atoms with E-state index in [0.29, 0.717) is 24.9 Å². The molecule has 0 bridgehead atoms. The molecule has 2 aliphatic rings. The lowest BCUT2D eigenvalue weighted by Crippen LogP contribution is -2.38. The van der Waals surface area contributed by atoms with Crippen molar-refractivity contribution in [3.63, 3.8) is 0 Å². The molecule has 0 unspecified atom stereocenters. The zero-order valence-electron chi connectivity index (χ0n) is 16.7. The van der Waals surface area contributed by atoms with E-state index >= 15 is 0 Å². The molecule has 1 fully saturated rings. The van der Waals surface area contributed by atoms with Crippen molar-refractivity contribution in [2.75, 3.05) is 32.1 Å². The van der Waals surface area contributed by atoms with Gasteiger partial charge in [0.05, 0.1) is 34.2 Å². The van der Waals surface area contributed by atoms with Gasteiger partial charge in [0.2, 0.25) is 5.91 Å². The molecule has 0 spiro atoms. The molecule has 3 aromatic rings. The van der Waals surface area contributed by atoms with E-state index in [1.807, 2.05) is 29.2 Å². The van der Waals surface area contributed by atoms with Crippen LogP contribution in [0.5, 0.6) is 11.5 Å². The van der Waals surface area contributed by atoms with Crippen molar-refractivity contribution < 1.29 is 14.3 Å². The third kappa shape index (κ3) is 4.27. The zero-order valence-corrected chi connectivity index (χ0v) is 18.3. The van der Waals surface area contributed by atoms with Crippen molar-refractivity contribution in [1.29, 1.82) is 0 Å². The number of ether oxygens (including phenoxy) is 2. The Kier molecular flexibility index (Phi) is 5.82. The maximum absolute atomic E-state index is 12.7. The standard InChI is InChI=1S/C23H24N2O3S2/c26-22(15-29-17-6-7-19-20(14-17)28-13-3-12-27-19)25-10-8-16(9-11-25)23-24-18-4-1-2-5-21(18)30-23/h1-2,4-7,14,16H,3,8-13,15H2. The quantitative estimate of drug-likeness (QED) is 0.537. The summed E-state index contributed by atoms with van der Waals surface area (Å²) in [6.45, 7) is 2.97. The van der Waals surface area contributed by atoms with Gasteiger partial charge in [-0.2, -0.15) is 0 Å². The molecule has 30 heavy (non-hydrogen) atoms. The second kappa shape index (κ2) is 8.86. The summed E-state index contributed by atoms with van der Waals surface area (Å²) in [6.07, 6.45) is 2.86. The SMILES string of the molecule is O=C(CSc1ccc2c(c1)OCCCO2)N1CCC(c2nc3ccccc3s2)CC1. The van der Waals surface area contributed by atoms with E-state index in [1.165, 1.54) is 9.71 Å². The lowest BCUT2D eigenvalue weighted by atomic mass is 9.97. The maximum atomic E-state index is 12.7. The van der Waals surface area contributed by atoms with Gasteiger partial charge in [0.1, 0.15) is 0 Å². The molecule has 0 radical (unpaired) electrons. The number of aromatic nitrogens is 1. The summed E-state index contributed by atoms with van der Waals surface area (Å²) in [5.41, 5.74) is 1.09. The first-order valence-electron chi connectivity index (χ1n) is 10.4. The van der Waals surface area contributed by atoms with Crippen molar-refractivity contribution in [3.8, 4) is 11.5 Å². The van der Waals surface area contributed by atoms with Gasteiger partial charge in [0.15, 0.2) is 11.5 Å². The topological polar surface area (TPSA) is 51.7 Å². The Hall–Kier alpha value is -2.25. The number of likely N-dealkylation sites (tertiary alicyclic amines) is 1. The minimum atomic E-state index is 0.204. The third-order valence-corrected chi connectivity index (χ3v) is 7.77. The molecule has 7 heteroatoms. The summed E-state index contributed by atoms with van der Waals surface area (Å²) in [6, 6.07) is 14.2. The molecule has 0 atom stereocenters. The van der Waals surface area contributed by atoms with Crippen LogP contribution in [0.15, 0.2) is 47.4 Å². The highest BCUT2D eigenvalue weighted by atomic mass is 32.2. The van der Waals surface area contributed by atoms with E-state index in [9.17, 15) is 4.79 Å². The molecule has 5 nitrogen and oxygen atoms in total. The normalized spacial score (nSPS) is 17.1. The molecular weight excluding hydrogens is 416 g/mol. The molecule has 3 heterocycles. The number of para-hydroxylation sites is 1. The number of thiazole rings is 1. The number of carbonyl (C=O) groups is 1. The minimum absolute atomic E-state index is 0.204. The highest BCUT2D eigenvalue weighted by Gasteiger charge is 2.26. The Balaban J connectivity index is 1.15. The lowest BCUT2D eigenvalue weighted by molar-refractivity contribution is -0.129. The van der Waals surface area contributed by atoms with Crippen LogP contribution in [0.4, 0.5) is 0 Å². The van der Waals surface area contributed by atoms with Crippen LogP contribution in [0.2, 0.25) is 0 Å². The van der Waals surface area contributed by atoms with Crippen LogP contribution in [0.25, 0.3) is 10.2 Å². The number of hydrogen-bond donors (Lipinski definition) is 0. The van der Waals surface area contributed by atoms with E-state index in [-0.39, 0.29) is 5.91 Å². The molecule has 1 saturated heterocycles. The average Bonchev–Trinajstić information content (AvgIpc) is 3.09. The van der Waals surface area contributed by atoms with Gasteiger partial charge in [-0.15, -0.1) is 23.1 Å². The summed E-state index contributed by atoms with van der Waals surface area (Å²) < 4.78 is 12.7. The van der Waals surface area contributed by atoms with Gasteiger partial charge in [-0.25, -0.2) is 4.98 Å². The van der Waals surface area contributed by atoms with Gasteiger partial charge in [0.25, 0.3) is 0 Å². The second-order valence-electron chi connectivity index (χ2n) is 7.62. The first kappa shape index (κ1) is 19.7. The fourth-order valence-electron chi connectivity index (χ4n) is 3.91. The number of hydrogen-bond acceptors (Lipinski definition) is 6. The highest BCUT2D eigenvalue weighted by molar-refractivity contribution is 8.00. The van der Waals surface area contributed by atoms with E-state index < -0.39 is 0 Å². The molecule has 0 aliphatic carbocycles. The number of piperidine rings is 1. The Morgan fingerprint density at radius 2 is 1.90 bits per heavy atom. The van der Waals surface area contributed by atoms with Crippen molar-refractivity contribution in [1.82, 2.24) is 9.88 Å². The number of fused-ring (bicyclic) bond motifs is 2. The Morgan fingerprint density at radius 1 is 1.10 bits per heavy atom. The van der Waals surface area contributed by atoms with E-state index in [2.05, 4.69) is 18.2 Å². The number of rotatable bonds is 4. The number of carbonyl (C=O) groups excluding carboxylic acids is 1. The van der Waals surface area contributed by atoms with Crippen LogP contribution in [0, 0.1) is 0 Å². The predicted molar refractivity (Wildman–Crippen MR) is 121 cm³/mol. The third-order valence-electron chi connectivity index (χ3n) is 5.59. The number of thioether (sulfide) groups is 1. The summed E-state index contributed by atoms with van der Waals surface area (Å²) in [5, 5.41) is 1.21. The summed E-state index contributed by atoms with van der Waals surface area (Å²) in [4.78, 5) is 20.6. The fraction of sp³-hybridized carbons (Fsp3) is 0.391. The lowest BCUT2D eigenvalue weighted by Gasteiger charge is -2.31. The van der Waals surface area contributed by atoms with Crippen molar-refractivity contribution >= 4 is 39.2 Å². The van der Waals surface area contributed by atoms with Crippen molar-refractivity contribution in [2.45, 2.75) is 30.1 Å². The van der Waals surface area contributed by atoms with Crippen LogP contribution in [0.1, 0.15) is 30.2 Å². The first-order chi connectivity index (χ1) is 14.8. The second-order valence-corrected chi connectivity index (χ2v) is 9.73. The van der Waals surface area contributed by atoms with Crippen LogP contribution in [-0.4, -0.2) is 47.8 Å². The molecule has 0 N–H and O–H groups in total. The van der Waals surface area contributed by atoms with Crippen molar-refractivity contribution in [2.24, 2.45) is 0 Å². The fourth-order valence-corrected chi connectivity index (χ4v) is 5.87. The van der Waals surface area contributed by atoms with E-state index in [4.69, 9.17) is 14.5 Å². The minimum Gasteiger partial charge on any atom is -0.490 e. The molecule has 156 valence electrons. The Bertz CT molecular complexity index is 1010. The van der Waals surface area contributed by atoms with E-state index in [1.54, 1.807) is 23.1 Å². The molecule has 0 saturated carbocycles. The Morgan fingerprint density at radius 3 is 2.73 bits per heavy atom. The number of amides is 1. The molecule has 2 aliphatic heterocycles. The van der Waals surface area contributed by atoms with Gasteiger partial charge < -0.3 is 14.4 Å². The molecular formula is C23H24N2O3S2. The number of nitrogens with zero attached hydrogens (tertiary/aromatic N) is 2. The van der Waals surface area contributed by atoms with Crippen molar-refractivity contribution in [3.05, 3.63) is 47.5 Å². The highest BCUT2D eigenvalue weighted by Crippen LogP contribution is 2.35. The molecule has 2 aromatic carbocycles. The van der Waals surface area contributed by atoms with Crippen LogP contribution < -0.4 is 9.47 Å². The van der Waals surface area contributed by atoms with Crippen LogP contribution in [0.3, 0.4) is 0 Å². The first-order valence-corrected chi connectivity index (χ1v) is 12.2. The molecule has 1 aromatic heterocycles. The number of benzene rings is 2. The van der Waals surface area contributed by atoms with Crippen LogP contribution >= 0.6 is 23.1 Å². The predicted octanol–water partition coefficient (Wildman–Crippen LogP) is 4.96. The van der Waals surface area contributed by atoms with Gasteiger partial charge in [-0.3, -0.25) is 4.79 Å². The summed E-state index contributed by atoms with van der Waals surface area (Å²) >= 11 is 3.36. The van der Waals surface area contributed by atoms with Gasteiger partial charge in [-0.1, -0.05) is 12.1 Å². The monoisotopic (exact) mass is 440 g/mol. The maximum Gasteiger partial charge on any atom is 0.232 e.